The van der Waals surface area contributed by atoms with Crippen molar-refractivity contribution in [3.63, 3.8) is 0 Å². The zero-order valence-electron chi connectivity index (χ0n) is 25.1. The smallest absolute Gasteiger partial charge is 0.416 e. The highest BCUT2D eigenvalue weighted by atomic mass is 19.4. The summed E-state index contributed by atoms with van der Waals surface area (Å²) in [6.45, 7) is 4.77. The third-order valence-corrected chi connectivity index (χ3v) is 8.33. The van der Waals surface area contributed by atoms with E-state index < -0.39 is 29.5 Å². The van der Waals surface area contributed by atoms with Gasteiger partial charge in [0.1, 0.15) is 17.6 Å². The van der Waals surface area contributed by atoms with Crippen LogP contribution in [-0.2, 0) is 17.4 Å². The van der Waals surface area contributed by atoms with Gasteiger partial charge in [0, 0.05) is 50.8 Å². The molecule has 0 spiro atoms. The van der Waals surface area contributed by atoms with Crippen molar-refractivity contribution in [1.29, 1.82) is 0 Å². The molecule has 1 aliphatic carbocycles. The van der Waals surface area contributed by atoms with E-state index in [1.54, 1.807) is 17.0 Å². The Bertz CT molecular complexity index is 1470. The second kappa shape index (κ2) is 14.4. The summed E-state index contributed by atoms with van der Waals surface area (Å²) in [6, 6.07) is 7.79. The summed E-state index contributed by atoms with van der Waals surface area (Å²) in [6.07, 6.45) is 1.61. The summed E-state index contributed by atoms with van der Waals surface area (Å²) in [5.74, 6) is 0.207. The van der Waals surface area contributed by atoms with Crippen LogP contribution in [-0.4, -0.2) is 77.1 Å². The minimum absolute atomic E-state index is 0.162. The third kappa shape index (κ3) is 8.59. The van der Waals surface area contributed by atoms with Gasteiger partial charge in [-0.3, -0.25) is 14.5 Å². The molecule has 2 fully saturated rings. The average molecular weight is 632 g/mol. The Labute approximate surface area is 258 Å². The lowest BCUT2D eigenvalue weighted by Crippen LogP contribution is -2.54. The number of nitrogens with one attached hydrogen (secondary N) is 1. The third-order valence-electron chi connectivity index (χ3n) is 8.33. The fourth-order valence-electron chi connectivity index (χ4n) is 5.80. The predicted molar refractivity (Wildman–Crippen MR) is 157 cm³/mol. The van der Waals surface area contributed by atoms with E-state index in [2.05, 4.69) is 20.4 Å². The number of alkyl halides is 3. The van der Waals surface area contributed by atoms with Gasteiger partial charge < -0.3 is 19.5 Å². The maximum absolute atomic E-state index is 14.8. The van der Waals surface area contributed by atoms with Crippen LogP contribution in [0.3, 0.4) is 0 Å². The lowest BCUT2D eigenvalue weighted by molar-refractivity contribution is -0.137. The Morgan fingerprint density at radius 2 is 1.84 bits per heavy atom. The highest BCUT2D eigenvalue weighted by molar-refractivity contribution is 5.97. The molecule has 2 aliphatic rings. The van der Waals surface area contributed by atoms with Gasteiger partial charge in [-0.05, 0) is 62.4 Å². The van der Waals surface area contributed by atoms with Crippen LogP contribution in [0.15, 0.2) is 47.0 Å². The molecule has 2 heterocycles. The molecule has 45 heavy (non-hydrogen) atoms. The molecule has 0 unspecified atom stereocenters. The van der Waals surface area contributed by atoms with Gasteiger partial charge in [-0.15, -0.1) is 0 Å². The number of ether oxygens (including phenoxy) is 1. The summed E-state index contributed by atoms with van der Waals surface area (Å²) in [4.78, 5) is 33.6. The Balaban J connectivity index is 1.01. The van der Waals surface area contributed by atoms with E-state index >= 15 is 0 Å². The first-order valence-corrected chi connectivity index (χ1v) is 15.3. The highest BCUT2D eigenvalue weighted by Gasteiger charge is 2.31. The van der Waals surface area contributed by atoms with Gasteiger partial charge in [0.15, 0.2) is 0 Å². The SMILES string of the molecule is C[C@@H](NC(=O)c1cccc(C(F)(F)F)c1)C(=O)N1CCN(CCCOc2ccc(-c3noc(CC4CCCC4)n3)c(F)c2)CC1. The van der Waals surface area contributed by atoms with Crippen LogP contribution in [0.5, 0.6) is 5.75 Å². The van der Waals surface area contributed by atoms with Crippen molar-refractivity contribution in [2.24, 2.45) is 5.92 Å². The van der Waals surface area contributed by atoms with E-state index in [1.807, 2.05) is 0 Å². The van der Waals surface area contributed by atoms with E-state index in [4.69, 9.17) is 9.26 Å². The first-order valence-electron chi connectivity index (χ1n) is 15.3. The summed E-state index contributed by atoms with van der Waals surface area (Å²) >= 11 is 0. The molecule has 1 N–H and O–H groups in total. The Hall–Kier alpha value is -4.00. The molecule has 1 saturated heterocycles. The number of hydrogen-bond donors (Lipinski definition) is 1. The largest absolute Gasteiger partial charge is 0.493 e. The van der Waals surface area contributed by atoms with Crippen molar-refractivity contribution in [2.45, 2.75) is 57.7 Å². The van der Waals surface area contributed by atoms with Crippen molar-refractivity contribution in [2.75, 3.05) is 39.3 Å². The van der Waals surface area contributed by atoms with Crippen molar-refractivity contribution < 1.29 is 36.4 Å². The topological polar surface area (TPSA) is 101 Å². The molecule has 9 nitrogen and oxygen atoms in total. The second-order valence-electron chi connectivity index (χ2n) is 11.7. The highest BCUT2D eigenvalue weighted by Crippen LogP contribution is 2.30. The van der Waals surface area contributed by atoms with Crippen LogP contribution in [0.2, 0.25) is 0 Å². The minimum Gasteiger partial charge on any atom is -0.493 e. The van der Waals surface area contributed by atoms with Crippen LogP contribution < -0.4 is 10.1 Å². The summed E-state index contributed by atoms with van der Waals surface area (Å²) in [5.41, 5.74) is -0.824. The number of carbonyl (C=O) groups excluding carboxylic acids is 2. The van der Waals surface area contributed by atoms with Gasteiger partial charge in [0.25, 0.3) is 5.91 Å². The summed E-state index contributed by atoms with van der Waals surface area (Å²) in [7, 11) is 0. The lowest BCUT2D eigenvalue weighted by atomic mass is 10.0. The molecule has 242 valence electrons. The van der Waals surface area contributed by atoms with Crippen LogP contribution >= 0.6 is 0 Å². The normalized spacial score (nSPS) is 17.0. The van der Waals surface area contributed by atoms with Gasteiger partial charge >= 0.3 is 6.18 Å². The minimum atomic E-state index is -4.57. The summed E-state index contributed by atoms with van der Waals surface area (Å²) in [5, 5.41) is 6.46. The zero-order valence-corrected chi connectivity index (χ0v) is 25.1. The molecular formula is C32H37F4N5O4. The molecule has 5 rings (SSSR count). The number of benzene rings is 2. The molecule has 1 aromatic heterocycles. The molecular weight excluding hydrogens is 594 g/mol. The average Bonchev–Trinajstić information content (AvgIpc) is 3.72. The molecule has 2 aromatic carbocycles. The van der Waals surface area contributed by atoms with Gasteiger partial charge in [0.2, 0.25) is 17.6 Å². The lowest BCUT2D eigenvalue weighted by Gasteiger charge is -2.36. The number of nitrogens with zero attached hydrogens (tertiary/aromatic N) is 4. The molecule has 1 saturated carbocycles. The van der Waals surface area contributed by atoms with Crippen LogP contribution in [0.1, 0.15) is 60.8 Å². The van der Waals surface area contributed by atoms with Crippen LogP contribution in [0, 0.1) is 11.7 Å². The molecule has 0 bridgehead atoms. The van der Waals surface area contributed by atoms with Gasteiger partial charge in [-0.25, -0.2) is 4.39 Å². The monoisotopic (exact) mass is 631 g/mol. The van der Waals surface area contributed by atoms with E-state index in [-0.39, 0.29) is 22.9 Å². The summed E-state index contributed by atoms with van der Waals surface area (Å²) < 4.78 is 64.8. The zero-order chi connectivity index (χ0) is 32.0. The van der Waals surface area contributed by atoms with Crippen molar-refractivity contribution >= 4 is 11.8 Å². The second-order valence-corrected chi connectivity index (χ2v) is 11.7. The van der Waals surface area contributed by atoms with Gasteiger partial charge in [0.05, 0.1) is 17.7 Å². The Kier molecular flexibility index (Phi) is 10.4. The number of carbonyl (C=O) groups is 2. The van der Waals surface area contributed by atoms with E-state index in [1.165, 1.54) is 31.9 Å². The van der Waals surface area contributed by atoms with Crippen LogP contribution in [0.25, 0.3) is 11.4 Å². The maximum atomic E-state index is 14.8. The number of hydrogen-bond acceptors (Lipinski definition) is 7. The maximum Gasteiger partial charge on any atom is 0.416 e. The first-order chi connectivity index (χ1) is 21.6. The number of amides is 2. The Morgan fingerprint density at radius 1 is 1.09 bits per heavy atom. The number of piperazine rings is 1. The van der Waals surface area contributed by atoms with E-state index in [0.717, 1.165) is 44.0 Å². The molecule has 1 atom stereocenters. The predicted octanol–water partition coefficient (Wildman–Crippen LogP) is 5.36. The van der Waals surface area contributed by atoms with Crippen LogP contribution in [0.4, 0.5) is 17.6 Å². The fraction of sp³-hybridized carbons (Fsp3) is 0.500. The quantitative estimate of drug-likeness (QED) is 0.225. The van der Waals surface area contributed by atoms with Crippen molar-refractivity contribution in [3.05, 3.63) is 65.3 Å². The van der Waals surface area contributed by atoms with Gasteiger partial charge in [-0.2, -0.15) is 18.2 Å². The fourth-order valence-corrected chi connectivity index (χ4v) is 5.80. The molecule has 2 amide bonds. The Morgan fingerprint density at radius 3 is 2.56 bits per heavy atom. The first kappa shape index (κ1) is 32.4. The molecule has 0 radical (unpaired) electrons. The van der Waals surface area contributed by atoms with Crippen molar-refractivity contribution in [1.82, 2.24) is 25.3 Å². The number of aromatic nitrogens is 2. The standard InChI is InChI=1S/C32H37F4N5O4/c1-21(37-30(42)23-8-4-9-24(19-23)32(34,35)36)31(43)41-15-13-40(14-16-41)12-5-17-44-25-10-11-26(27(33)20-25)29-38-28(45-39-29)18-22-6-2-3-7-22/h4,8-11,19-22H,2-3,5-7,12-18H2,1H3,(H,37,42)/t21-/m1/s1. The molecule has 1 aliphatic heterocycles. The van der Waals surface area contributed by atoms with Crippen molar-refractivity contribution in [3.8, 4) is 17.1 Å². The molecule has 3 aromatic rings. The number of halogens is 4. The van der Waals surface area contributed by atoms with E-state index in [9.17, 15) is 27.2 Å². The van der Waals surface area contributed by atoms with Gasteiger partial charge in [-0.1, -0.05) is 24.1 Å². The number of rotatable bonds is 11. The van der Waals surface area contributed by atoms with E-state index in [0.29, 0.717) is 56.8 Å². The molecule has 13 heteroatoms.